The van der Waals surface area contributed by atoms with E-state index in [-0.39, 0.29) is 16.3 Å². The molecule has 0 amide bonds. The number of aromatic nitrogens is 3. The van der Waals surface area contributed by atoms with Gasteiger partial charge in [0.25, 0.3) is 15.7 Å². The molecule has 4 rings (SSSR count). The van der Waals surface area contributed by atoms with E-state index in [4.69, 9.17) is 4.74 Å². The van der Waals surface area contributed by atoms with Crippen LogP contribution in [0.25, 0.3) is 11.4 Å². The molecule has 1 aliphatic heterocycles. The smallest absolute Gasteiger partial charge is 0.273 e. The number of nitrogens with zero attached hydrogens (tertiary/aromatic N) is 4. The van der Waals surface area contributed by atoms with E-state index in [2.05, 4.69) is 19.5 Å². The van der Waals surface area contributed by atoms with Gasteiger partial charge in [-0.25, -0.2) is 8.42 Å². The monoisotopic (exact) mass is 443 g/mol. The van der Waals surface area contributed by atoms with Crippen LogP contribution >= 0.6 is 0 Å². The van der Waals surface area contributed by atoms with E-state index < -0.39 is 14.9 Å². The van der Waals surface area contributed by atoms with Gasteiger partial charge in [0, 0.05) is 30.3 Å². The van der Waals surface area contributed by atoms with E-state index in [9.17, 15) is 18.5 Å². The largest absolute Gasteiger partial charge is 0.495 e. The Kier molecular flexibility index (Phi) is 5.59. The zero-order valence-corrected chi connectivity index (χ0v) is 17.6. The molecule has 0 fully saturated rings. The Labute approximate surface area is 179 Å². The highest BCUT2D eigenvalue weighted by molar-refractivity contribution is 7.92. The van der Waals surface area contributed by atoms with Gasteiger partial charge in [-0.15, -0.1) is 10.2 Å². The molecule has 162 valence electrons. The molecule has 1 aliphatic rings. The third-order valence-corrected chi connectivity index (χ3v) is 6.55. The van der Waals surface area contributed by atoms with Crippen molar-refractivity contribution < 1.29 is 18.1 Å². The molecule has 0 atom stereocenters. The van der Waals surface area contributed by atoms with Gasteiger partial charge in [0.2, 0.25) is 0 Å². The lowest BCUT2D eigenvalue weighted by molar-refractivity contribution is -0.385. The highest BCUT2D eigenvalue weighted by Crippen LogP contribution is 2.31. The minimum atomic E-state index is -4.05. The predicted molar refractivity (Wildman–Crippen MR) is 113 cm³/mol. The van der Waals surface area contributed by atoms with E-state index in [1.165, 1.54) is 7.11 Å². The summed E-state index contributed by atoms with van der Waals surface area (Å²) in [5.41, 5.74) is 0.825. The van der Waals surface area contributed by atoms with Crippen LogP contribution in [0.4, 0.5) is 11.4 Å². The number of benzene rings is 2. The molecule has 0 spiro atoms. The average molecular weight is 443 g/mol. The van der Waals surface area contributed by atoms with Crippen LogP contribution in [0, 0.1) is 10.1 Å². The number of hydrogen-bond acceptors (Lipinski definition) is 7. The van der Waals surface area contributed by atoms with Crippen molar-refractivity contribution in [3.63, 3.8) is 0 Å². The van der Waals surface area contributed by atoms with Gasteiger partial charge in [-0.05, 0) is 31.0 Å². The number of rotatable bonds is 6. The summed E-state index contributed by atoms with van der Waals surface area (Å²) in [4.78, 5) is 10.2. The first-order valence-corrected chi connectivity index (χ1v) is 11.2. The van der Waals surface area contributed by atoms with Crippen LogP contribution < -0.4 is 9.46 Å². The highest BCUT2D eigenvalue weighted by atomic mass is 32.2. The van der Waals surface area contributed by atoms with Gasteiger partial charge in [0.1, 0.15) is 16.5 Å². The lowest BCUT2D eigenvalue weighted by Gasteiger charge is -2.13. The summed E-state index contributed by atoms with van der Waals surface area (Å²) in [6, 6.07) is 10.3. The molecule has 0 unspecified atom stereocenters. The topological polar surface area (TPSA) is 129 Å². The Morgan fingerprint density at radius 1 is 1.13 bits per heavy atom. The first kappa shape index (κ1) is 20.8. The van der Waals surface area contributed by atoms with Crippen molar-refractivity contribution in [1.29, 1.82) is 0 Å². The van der Waals surface area contributed by atoms with Gasteiger partial charge in [-0.1, -0.05) is 18.6 Å². The van der Waals surface area contributed by atoms with Gasteiger partial charge in [0.05, 0.1) is 18.1 Å². The molecule has 0 bridgehead atoms. The number of anilines is 1. The maximum atomic E-state index is 12.9. The van der Waals surface area contributed by atoms with Crippen molar-refractivity contribution >= 4 is 21.4 Å². The molecule has 2 aromatic carbocycles. The van der Waals surface area contributed by atoms with Crippen molar-refractivity contribution in [2.24, 2.45) is 0 Å². The van der Waals surface area contributed by atoms with Crippen LogP contribution in [0.5, 0.6) is 5.75 Å². The number of hydrogen-bond donors (Lipinski definition) is 1. The number of nitrogens with one attached hydrogen (secondary N) is 1. The first-order chi connectivity index (χ1) is 14.9. The third kappa shape index (κ3) is 4.22. The number of non-ortho nitro benzene ring substituents is 1. The van der Waals surface area contributed by atoms with Crippen molar-refractivity contribution in [1.82, 2.24) is 14.8 Å². The maximum absolute atomic E-state index is 12.9. The molecular formula is C20H21N5O5S. The average Bonchev–Trinajstić information content (AvgIpc) is 3.01. The highest BCUT2D eigenvalue weighted by Gasteiger charge is 2.23. The van der Waals surface area contributed by atoms with E-state index in [0.717, 1.165) is 61.8 Å². The normalized spacial score (nSPS) is 13.8. The fourth-order valence-corrected chi connectivity index (χ4v) is 4.82. The molecule has 0 saturated carbocycles. The molecular weight excluding hydrogens is 422 g/mol. The second-order valence-electron chi connectivity index (χ2n) is 7.18. The lowest BCUT2D eigenvalue weighted by Crippen LogP contribution is -2.14. The van der Waals surface area contributed by atoms with Crippen LogP contribution in [-0.2, 0) is 23.0 Å². The van der Waals surface area contributed by atoms with Crippen molar-refractivity contribution in [2.45, 2.75) is 37.1 Å². The molecule has 0 saturated heterocycles. The molecule has 11 heteroatoms. The molecule has 1 N–H and O–H groups in total. The van der Waals surface area contributed by atoms with Gasteiger partial charge < -0.3 is 9.30 Å². The second kappa shape index (κ2) is 8.34. The summed E-state index contributed by atoms with van der Waals surface area (Å²) in [7, 11) is -2.79. The van der Waals surface area contributed by atoms with Crippen LogP contribution in [-0.4, -0.2) is 35.2 Å². The molecule has 2 heterocycles. The van der Waals surface area contributed by atoms with E-state index in [1.54, 1.807) is 18.2 Å². The minimum Gasteiger partial charge on any atom is -0.495 e. The number of sulfonamides is 1. The summed E-state index contributed by atoms with van der Waals surface area (Å²) in [6.45, 7) is 0.827. The number of fused-ring (bicyclic) bond motifs is 1. The van der Waals surface area contributed by atoms with E-state index >= 15 is 0 Å². The molecule has 10 nitrogen and oxygen atoms in total. The van der Waals surface area contributed by atoms with Gasteiger partial charge in [-0.3, -0.25) is 14.8 Å². The summed E-state index contributed by atoms with van der Waals surface area (Å²) in [5.74, 6) is 1.53. The summed E-state index contributed by atoms with van der Waals surface area (Å²) >= 11 is 0. The Bertz CT molecular complexity index is 1240. The summed E-state index contributed by atoms with van der Waals surface area (Å²) < 4.78 is 35.6. The Morgan fingerprint density at radius 2 is 1.97 bits per heavy atom. The first-order valence-electron chi connectivity index (χ1n) is 9.77. The fraction of sp³-hybridized carbons (Fsp3) is 0.300. The molecule has 3 aromatic rings. The minimum absolute atomic E-state index is 0.111. The van der Waals surface area contributed by atoms with Crippen LogP contribution in [0.3, 0.4) is 0 Å². The standard InChI is InChI=1S/C20H21N5O5S/c1-30-17-13-16(25(26)27)9-10-18(17)31(28,29)23-15-7-5-6-14(12-15)20-22-21-19-8-3-2-4-11-24(19)20/h5-7,9-10,12-13,23H,2-4,8,11H2,1H3. The van der Waals surface area contributed by atoms with E-state index in [0.29, 0.717) is 11.5 Å². The zero-order valence-electron chi connectivity index (χ0n) is 16.8. The Hall–Kier alpha value is -3.47. The molecule has 0 aliphatic carbocycles. The Morgan fingerprint density at radius 3 is 2.74 bits per heavy atom. The maximum Gasteiger partial charge on any atom is 0.273 e. The zero-order chi connectivity index (χ0) is 22.0. The second-order valence-corrected chi connectivity index (χ2v) is 8.83. The fourth-order valence-electron chi connectivity index (χ4n) is 3.62. The molecule has 0 radical (unpaired) electrons. The SMILES string of the molecule is COc1cc([N+](=O)[O-])ccc1S(=O)(=O)Nc1cccc(-c2nnc3n2CCCCC3)c1. The number of methoxy groups -OCH3 is 1. The number of ether oxygens (including phenoxy) is 1. The van der Waals surface area contributed by atoms with Gasteiger partial charge in [0.15, 0.2) is 5.82 Å². The van der Waals surface area contributed by atoms with Gasteiger partial charge >= 0.3 is 0 Å². The summed E-state index contributed by atoms with van der Waals surface area (Å²) in [6.07, 6.45) is 4.14. The van der Waals surface area contributed by atoms with Crippen LogP contribution in [0.2, 0.25) is 0 Å². The molecule has 31 heavy (non-hydrogen) atoms. The van der Waals surface area contributed by atoms with Crippen molar-refractivity contribution in [3.05, 3.63) is 58.4 Å². The quantitative estimate of drug-likeness (QED) is 0.456. The van der Waals surface area contributed by atoms with Crippen LogP contribution in [0.15, 0.2) is 47.4 Å². The van der Waals surface area contributed by atoms with E-state index in [1.807, 2.05) is 6.07 Å². The van der Waals surface area contributed by atoms with Gasteiger partial charge in [-0.2, -0.15) is 0 Å². The third-order valence-electron chi connectivity index (χ3n) is 5.13. The lowest BCUT2D eigenvalue weighted by atomic mass is 10.2. The van der Waals surface area contributed by atoms with Crippen molar-refractivity contribution in [2.75, 3.05) is 11.8 Å². The Balaban J connectivity index is 1.65. The summed E-state index contributed by atoms with van der Waals surface area (Å²) in [5, 5.41) is 19.6. The number of nitro groups is 1. The number of nitro benzene ring substituents is 1. The predicted octanol–water partition coefficient (Wildman–Crippen LogP) is 3.39. The number of aryl methyl sites for hydroxylation is 1. The molecule has 1 aromatic heterocycles. The van der Waals surface area contributed by atoms with Crippen molar-refractivity contribution in [3.8, 4) is 17.1 Å². The van der Waals surface area contributed by atoms with Crippen LogP contribution in [0.1, 0.15) is 25.1 Å².